The van der Waals surface area contributed by atoms with Gasteiger partial charge in [0.05, 0.1) is 19.8 Å². The van der Waals surface area contributed by atoms with Gasteiger partial charge in [0, 0.05) is 39.0 Å². The largest absolute Gasteiger partial charge is 0.493 e. The second-order valence-corrected chi connectivity index (χ2v) is 9.58. The van der Waals surface area contributed by atoms with Crippen molar-refractivity contribution in [2.45, 2.75) is 78.2 Å². The van der Waals surface area contributed by atoms with Gasteiger partial charge in [-0.3, -0.25) is 9.59 Å². The van der Waals surface area contributed by atoms with Gasteiger partial charge >= 0.3 is 11.9 Å². The second kappa shape index (κ2) is 16.9. The summed E-state index contributed by atoms with van der Waals surface area (Å²) in [5, 5.41) is 2.61. The van der Waals surface area contributed by atoms with Crippen molar-refractivity contribution in [1.29, 1.82) is 0 Å². The molecule has 0 spiro atoms. The molecule has 1 aliphatic rings. The Labute approximate surface area is 230 Å². The number of rotatable bonds is 13. The van der Waals surface area contributed by atoms with Gasteiger partial charge in [-0.1, -0.05) is 27.2 Å². The maximum absolute atomic E-state index is 13.2. The van der Waals surface area contributed by atoms with Crippen molar-refractivity contribution >= 4 is 17.8 Å². The highest BCUT2D eigenvalue weighted by Crippen LogP contribution is 2.29. The smallest absolute Gasteiger partial charge is 0.331 e. The van der Waals surface area contributed by atoms with Crippen LogP contribution >= 0.6 is 0 Å². The summed E-state index contributed by atoms with van der Waals surface area (Å²) in [4.78, 5) is 41.6. The predicted molar refractivity (Wildman–Crippen MR) is 140 cm³/mol. The Morgan fingerprint density at radius 1 is 1.26 bits per heavy atom. The lowest BCUT2D eigenvalue weighted by Crippen LogP contribution is -2.50. The van der Waals surface area contributed by atoms with Crippen LogP contribution < -0.4 is 14.8 Å². The Hall–Kier alpha value is -2.96. The Balaban J connectivity index is 2.19. The van der Waals surface area contributed by atoms with Gasteiger partial charge in [-0.15, -0.1) is 0 Å². The van der Waals surface area contributed by atoms with E-state index < -0.39 is 42.9 Å². The average molecular weight is 555 g/mol. The minimum atomic E-state index is -1.13. The zero-order valence-corrected chi connectivity index (χ0v) is 23.7. The average Bonchev–Trinajstić information content (AvgIpc) is 2.89. The van der Waals surface area contributed by atoms with Crippen LogP contribution in [0.4, 0.5) is 0 Å². The lowest BCUT2D eigenvalue weighted by molar-refractivity contribution is -0.176. The molecule has 12 nitrogen and oxygen atoms in total. The number of aromatic nitrogens is 1. The molecule has 1 N–H and O–H groups in total. The van der Waals surface area contributed by atoms with Crippen LogP contribution in [0.1, 0.15) is 64.4 Å². The molecule has 1 aliphatic heterocycles. The fraction of sp³-hybridized carbons (Fsp3) is 0.704. The number of carbonyl (C=O) groups is 3. The maximum Gasteiger partial charge on any atom is 0.331 e. The van der Waals surface area contributed by atoms with E-state index in [1.807, 2.05) is 13.8 Å². The summed E-state index contributed by atoms with van der Waals surface area (Å²) in [5.41, 5.74) is -0.165. The molecule has 39 heavy (non-hydrogen) atoms. The molecule has 1 amide bonds. The zero-order chi connectivity index (χ0) is 28.8. The highest BCUT2D eigenvalue weighted by Gasteiger charge is 2.35. The van der Waals surface area contributed by atoms with Crippen molar-refractivity contribution in [3.05, 3.63) is 18.0 Å². The summed E-state index contributed by atoms with van der Waals surface area (Å²) in [6.45, 7) is 9.89. The fourth-order valence-corrected chi connectivity index (χ4v) is 3.76. The Bertz CT molecular complexity index is 926. The summed E-state index contributed by atoms with van der Waals surface area (Å²) < 4.78 is 39.3. The van der Waals surface area contributed by atoms with E-state index in [0.29, 0.717) is 26.2 Å². The van der Waals surface area contributed by atoms with Crippen LogP contribution in [-0.2, 0) is 33.3 Å². The third kappa shape index (κ3) is 10.6. The van der Waals surface area contributed by atoms with E-state index in [-0.39, 0.29) is 35.8 Å². The molecule has 0 unspecified atom stereocenters. The minimum absolute atomic E-state index is 0.0458. The quantitative estimate of drug-likeness (QED) is 0.219. The lowest BCUT2D eigenvalue weighted by atomic mass is 10.0. The Kier molecular flexibility index (Phi) is 14.0. The minimum Gasteiger partial charge on any atom is -0.493 e. The van der Waals surface area contributed by atoms with Gasteiger partial charge in [0.25, 0.3) is 5.91 Å². The molecule has 220 valence electrons. The third-order valence-corrected chi connectivity index (χ3v) is 5.77. The molecule has 0 aliphatic carbocycles. The van der Waals surface area contributed by atoms with Crippen LogP contribution in [0.2, 0.25) is 0 Å². The van der Waals surface area contributed by atoms with Crippen molar-refractivity contribution in [1.82, 2.24) is 10.3 Å². The van der Waals surface area contributed by atoms with Crippen LogP contribution in [0, 0.1) is 5.92 Å². The van der Waals surface area contributed by atoms with Crippen LogP contribution in [0.25, 0.3) is 0 Å². The molecule has 1 aromatic rings. The van der Waals surface area contributed by atoms with Crippen LogP contribution in [0.3, 0.4) is 0 Å². The second-order valence-electron chi connectivity index (χ2n) is 9.58. The number of nitrogens with one attached hydrogen (secondary N) is 1. The van der Waals surface area contributed by atoms with E-state index in [1.54, 1.807) is 6.92 Å². The van der Waals surface area contributed by atoms with E-state index in [1.165, 1.54) is 26.3 Å². The van der Waals surface area contributed by atoms with Gasteiger partial charge in [-0.25, -0.2) is 9.78 Å². The lowest BCUT2D eigenvalue weighted by Gasteiger charge is -2.34. The van der Waals surface area contributed by atoms with Crippen molar-refractivity contribution in [3.63, 3.8) is 0 Å². The van der Waals surface area contributed by atoms with Crippen molar-refractivity contribution in [2.75, 3.05) is 40.3 Å². The SMILES string of the molecule is CCCCO[C@H]1CCOC[C@H](NC(=O)c2nccc(OC)c2OCOC(C)=O)C(=O)O[C@@H](C)[C@@H]1OCC(C)C. The zero-order valence-electron chi connectivity index (χ0n) is 23.7. The molecule has 0 radical (unpaired) electrons. The predicted octanol–water partition coefficient (Wildman–Crippen LogP) is 2.67. The van der Waals surface area contributed by atoms with E-state index in [2.05, 4.69) is 17.2 Å². The molecular formula is C27H42N2O10. The highest BCUT2D eigenvalue weighted by molar-refractivity contribution is 5.98. The molecule has 1 saturated heterocycles. The Morgan fingerprint density at radius 2 is 2.03 bits per heavy atom. The third-order valence-electron chi connectivity index (χ3n) is 5.77. The molecule has 0 saturated carbocycles. The number of methoxy groups -OCH3 is 1. The molecule has 2 rings (SSSR count). The number of carbonyl (C=O) groups excluding carboxylic acids is 3. The summed E-state index contributed by atoms with van der Waals surface area (Å²) in [7, 11) is 1.39. The van der Waals surface area contributed by atoms with E-state index >= 15 is 0 Å². The molecule has 0 bridgehead atoms. The number of esters is 2. The van der Waals surface area contributed by atoms with Gasteiger partial charge in [0.1, 0.15) is 12.2 Å². The van der Waals surface area contributed by atoms with Crippen molar-refractivity contribution in [3.8, 4) is 11.5 Å². The number of unbranched alkanes of at least 4 members (excludes halogenated alkanes) is 1. The van der Waals surface area contributed by atoms with E-state index in [9.17, 15) is 14.4 Å². The number of hydrogen-bond donors (Lipinski definition) is 1. The fourth-order valence-electron chi connectivity index (χ4n) is 3.76. The van der Waals surface area contributed by atoms with Crippen molar-refractivity contribution in [2.24, 2.45) is 5.92 Å². The van der Waals surface area contributed by atoms with Gasteiger partial charge in [0.15, 0.2) is 23.2 Å². The Morgan fingerprint density at radius 3 is 2.69 bits per heavy atom. The molecule has 12 heteroatoms. The summed E-state index contributed by atoms with van der Waals surface area (Å²) >= 11 is 0. The van der Waals surface area contributed by atoms with Crippen molar-refractivity contribution < 1.29 is 47.5 Å². The van der Waals surface area contributed by atoms with E-state index in [4.69, 9.17) is 33.2 Å². The molecule has 2 heterocycles. The van der Waals surface area contributed by atoms with Crippen LogP contribution in [0.15, 0.2) is 12.3 Å². The normalized spacial score (nSPS) is 22.1. The van der Waals surface area contributed by atoms with Crippen LogP contribution in [-0.4, -0.2) is 87.5 Å². The number of hydrogen-bond acceptors (Lipinski definition) is 11. The maximum atomic E-state index is 13.2. The van der Waals surface area contributed by atoms with Crippen LogP contribution in [0.5, 0.6) is 11.5 Å². The van der Waals surface area contributed by atoms with Gasteiger partial charge < -0.3 is 38.5 Å². The van der Waals surface area contributed by atoms with E-state index in [0.717, 1.165) is 12.8 Å². The number of ether oxygens (including phenoxy) is 7. The number of pyridine rings is 1. The topological polar surface area (TPSA) is 141 Å². The number of amides is 1. The number of cyclic esters (lactones) is 1. The van der Waals surface area contributed by atoms with Gasteiger partial charge in [-0.2, -0.15) is 0 Å². The first-order valence-electron chi connectivity index (χ1n) is 13.3. The molecule has 4 atom stereocenters. The first kappa shape index (κ1) is 32.3. The molecule has 0 aromatic carbocycles. The number of nitrogens with zero attached hydrogens (tertiary/aromatic N) is 1. The molecular weight excluding hydrogens is 512 g/mol. The summed E-state index contributed by atoms with van der Waals surface area (Å²) in [5.74, 6) is -1.55. The molecule has 1 fully saturated rings. The van der Waals surface area contributed by atoms with Gasteiger partial charge in [-0.05, 0) is 25.7 Å². The summed E-state index contributed by atoms with van der Waals surface area (Å²) in [6, 6.07) is 0.358. The first-order valence-corrected chi connectivity index (χ1v) is 13.3. The standard InChI is InChI=1S/C27H42N2O10/c1-7-8-12-35-22-10-13-34-15-20(27(32)39-18(4)24(22)36-14-17(2)3)29-26(31)23-25(38-16-37-19(5)30)21(33-6)9-11-28-23/h9,11,17-18,20,22,24H,7-8,10,12-16H2,1-6H3,(H,29,31)/t18-,20-,22-,24-/m0/s1. The highest BCUT2D eigenvalue weighted by atomic mass is 16.7. The van der Waals surface area contributed by atoms with Gasteiger partial charge in [0.2, 0.25) is 6.79 Å². The summed E-state index contributed by atoms with van der Waals surface area (Å²) in [6.07, 6.45) is 2.31. The monoisotopic (exact) mass is 554 g/mol. The first-order chi connectivity index (χ1) is 18.7. The molecule has 1 aromatic heterocycles.